The number of hydrogen-bond donors (Lipinski definition) is 0. The molecule has 1 atom stereocenters. The highest BCUT2D eigenvalue weighted by atomic mass is 79.9. The number of carbonyl (C=O) groups is 2. The van der Waals surface area contributed by atoms with Gasteiger partial charge in [0.2, 0.25) is 5.91 Å². The maximum atomic E-state index is 12.6. The zero-order valence-electron chi connectivity index (χ0n) is 16.0. The highest BCUT2D eigenvalue weighted by Gasteiger charge is 2.31. The lowest BCUT2D eigenvalue weighted by molar-refractivity contribution is -0.128. The highest BCUT2D eigenvalue weighted by molar-refractivity contribution is 9.11. The van der Waals surface area contributed by atoms with Crippen LogP contribution < -0.4 is 4.74 Å². The molecular weight excluding hydrogens is 474 g/mol. The Bertz CT molecular complexity index is 1040. The summed E-state index contributed by atoms with van der Waals surface area (Å²) in [6.45, 7) is 2.86. The van der Waals surface area contributed by atoms with Crippen LogP contribution in [-0.4, -0.2) is 40.2 Å². The van der Waals surface area contributed by atoms with Gasteiger partial charge in [-0.2, -0.15) is 0 Å². The summed E-state index contributed by atoms with van der Waals surface area (Å²) >= 11 is 4.92. The summed E-state index contributed by atoms with van der Waals surface area (Å²) in [6, 6.07) is 9.19. The predicted octanol–water partition coefficient (Wildman–Crippen LogP) is 4.28. The second kappa shape index (κ2) is 8.97. The van der Waals surface area contributed by atoms with E-state index in [-0.39, 0.29) is 31.4 Å². The zero-order valence-corrected chi connectivity index (χ0v) is 18.4. The molecule has 156 valence electrons. The highest BCUT2D eigenvalue weighted by Crippen LogP contribution is 2.30. The smallest absolute Gasteiger partial charge is 0.416 e. The normalized spacial score (nSPS) is 14.6. The minimum atomic E-state index is -0.604. The number of nitrogens with zero attached hydrogens (tertiary/aromatic N) is 3. The number of rotatable bonds is 7. The minimum absolute atomic E-state index is 0.0793. The molecule has 3 aromatic rings. The maximum absolute atomic E-state index is 12.6. The van der Waals surface area contributed by atoms with Crippen LogP contribution in [0.4, 0.5) is 4.79 Å². The molecule has 1 fully saturated rings. The average molecular weight is 492 g/mol. The van der Waals surface area contributed by atoms with Gasteiger partial charge in [0.25, 0.3) is 0 Å². The summed E-state index contributed by atoms with van der Waals surface area (Å²) in [5.41, 5.74) is 2.43. The molecule has 1 aliphatic rings. The number of aromatic nitrogens is 2. The molecule has 30 heavy (non-hydrogen) atoms. The van der Waals surface area contributed by atoms with E-state index in [1.165, 1.54) is 6.26 Å². The molecule has 1 aliphatic heterocycles. The molecule has 0 bridgehead atoms. The molecule has 0 radical (unpaired) electrons. The van der Waals surface area contributed by atoms with E-state index < -0.39 is 6.09 Å². The van der Waals surface area contributed by atoms with Crippen molar-refractivity contribution in [3.63, 3.8) is 0 Å². The van der Waals surface area contributed by atoms with E-state index in [9.17, 15) is 9.59 Å². The predicted molar refractivity (Wildman–Crippen MR) is 111 cm³/mol. The standard InChI is InChI=1S/C20H18BrN3O5S/c1-12-17(30-19(21)22-12)11-28-14-4-2-13(3-5-14)15(16-6-8-29-23-16)10-18(25)24-7-9-27-20(24)26/h2-6,8,15H,7,9-11H2,1H3. The number of carbonyl (C=O) groups excluding carboxylic acids is 2. The molecule has 0 spiro atoms. The fraction of sp³-hybridized carbons (Fsp3) is 0.300. The third-order valence-electron chi connectivity index (χ3n) is 4.77. The van der Waals surface area contributed by atoms with Gasteiger partial charge in [-0.15, -0.1) is 11.3 Å². The Hall–Kier alpha value is -2.72. The molecule has 0 saturated carbocycles. The Balaban J connectivity index is 1.47. The molecule has 10 heteroatoms. The molecule has 1 saturated heterocycles. The van der Waals surface area contributed by atoms with Crippen molar-refractivity contribution >= 4 is 39.3 Å². The Kier molecular flexibility index (Phi) is 6.14. The van der Waals surface area contributed by atoms with Crippen molar-refractivity contribution in [2.75, 3.05) is 13.2 Å². The summed E-state index contributed by atoms with van der Waals surface area (Å²) in [6.07, 6.45) is 0.937. The van der Waals surface area contributed by atoms with E-state index in [0.717, 1.165) is 25.0 Å². The largest absolute Gasteiger partial charge is 0.488 e. The Morgan fingerprint density at radius 3 is 2.73 bits per heavy atom. The van der Waals surface area contributed by atoms with Crippen LogP contribution in [0.1, 0.15) is 34.2 Å². The second-order valence-electron chi connectivity index (χ2n) is 6.67. The summed E-state index contributed by atoms with van der Waals surface area (Å²) in [4.78, 5) is 30.8. The molecule has 2 aromatic heterocycles. The maximum Gasteiger partial charge on any atom is 0.416 e. The number of benzene rings is 1. The molecular formula is C20H18BrN3O5S. The average Bonchev–Trinajstić information content (AvgIpc) is 3.47. The molecule has 0 aliphatic carbocycles. The first-order valence-corrected chi connectivity index (χ1v) is 10.8. The Morgan fingerprint density at radius 2 is 2.13 bits per heavy atom. The number of halogens is 1. The van der Waals surface area contributed by atoms with E-state index in [4.69, 9.17) is 14.0 Å². The van der Waals surface area contributed by atoms with E-state index in [2.05, 4.69) is 26.1 Å². The number of hydrogen-bond acceptors (Lipinski definition) is 8. The second-order valence-corrected chi connectivity index (χ2v) is 9.03. The number of amides is 2. The minimum Gasteiger partial charge on any atom is -0.488 e. The third kappa shape index (κ3) is 4.54. The lowest BCUT2D eigenvalue weighted by atomic mass is 9.92. The first kappa shape index (κ1) is 20.5. The van der Waals surface area contributed by atoms with Crippen LogP contribution in [0.25, 0.3) is 0 Å². The van der Waals surface area contributed by atoms with E-state index >= 15 is 0 Å². The van der Waals surface area contributed by atoms with Crippen LogP contribution in [0.5, 0.6) is 5.75 Å². The summed E-state index contributed by atoms with van der Waals surface area (Å²) in [5.74, 6) is 0.0477. The monoisotopic (exact) mass is 491 g/mol. The van der Waals surface area contributed by atoms with Crippen LogP contribution in [0.15, 0.2) is 45.0 Å². The van der Waals surface area contributed by atoms with Gasteiger partial charge in [-0.1, -0.05) is 17.3 Å². The Labute approximate surface area is 184 Å². The van der Waals surface area contributed by atoms with Gasteiger partial charge in [-0.05, 0) is 40.5 Å². The molecule has 2 amide bonds. The topological polar surface area (TPSA) is 94.8 Å². The van der Waals surface area contributed by atoms with Crippen LogP contribution in [0.2, 0.25) is 0 Å². The fourth-order valence-corrected chi connectivity index (χ4v) is 4.72. The fourth-order valence-electron chi connectivity index (χ4n) is 3.17. The summed E-state index contributed by atoms with van der Waals surface area (Å²) in [5, 5.41) is 4.00. The molecule has 4 rings (SSSR count). The van der Waals surface area contributed by atoms with E-state index in [1.54, 1.807) is 17.4 Å². The molecule has 0 N–H and O–H groups in total. The van der Waals surface area contributed by atoms with Gasteiger partial charge in [-0.25, -0.2) is 14.7 Å². The van der Waals surface area contributed by atoms with Crippen LogP contribution in [0.3, 0.4) is 0 Å². The SMILES string of the molecule is Cc1nc(Br)sc1COc1ccc(C(CC(=O)N2CCOC2=O)c2ccon2)cc1. The van der Waals surface area contributed by atoms with Crippen molar-refractivity contribution < 1.29 is 23.6 Å². The number of ether oxygens (including phenoxy) is 2. The number of aryl methyl sites for hydroxylation is 1. The van der Waals surface area contributed by atoms with E-state index in [0.29, 0.717) is 18.1 Å². The van der Waals surface area contributed by atoms with Gasteiger partial charge >= 0.3 is 6.09 Å². The van der Waals surface area contributed by atoms with Crippen molar-refractivity contribution in [2.45, 2.75) is 25.9 Å². The van der Waals surface area contributed by atoms with Gasteiger partial charge in [-0.3, -0.25) is 4.79 Å². The lowest BCUT2D eigenvalue weighted by Crippen LogP contribution is -2.32. The van der Waals surface area contributed by atoms with Crippen molar-refractivity contribution in [3.05, 3.63) is 62.3 Å². The first-order valence-electron chi connectivity index (χ1n) is 9.23. The van der Waals surface area contributed by atoms with Crippen molar-refractivity contribution in [2.24, 2.45) is 0 Å². The van der Waals surface area contributed by atoms with Crippen LogP contribution >= 0.6 is 27.3 Å². The quantitative estimate of drug-likeness (QED) is 0.486. The van der Waals surface area contributed by atoms with Gasteiger partial charge in [0.1, 0.15) is 25.2 Å². The third-order valence-corrected chi connectivity index (χ3v) is 6.36. The van der Waals surface area contributed by atoms with Gasteiger partial charge < -0.3 is 14.0 Å². The number of cyclic esters (lactones) is 1. The van der Waals surface area contributed by atoms with E-state index in [1.807, 2.05) is 31.2 Å². The van der Waals surface area contributed by atoms with Crippen LogP contribution in [-0.2, 0) is 16.1 Å². The van der Waals surface area contributed by atoms with Gasteiger partial charge in [0.05, 0.1) is 22.8 Å². The first-order chi connectivity index (χ1) is 14.5. The molecule has 1 aromatic carbocycles. The zero-order chi connectivity index (χ0) is 21.1. The number of thiazole rings is 1. The molecule has 1 unspecified atom stereocenters. The Morgan fingerprint density at radius 1 is 1.33 bits per heavy atom. The lowest BCUT2D eigenvalue weighted by Gasteiger charge is -2.18. The van der Waals surface area contributed by atoms with Crippen molar-refractivity contribution in [1.29, 1.82) is 0 Å². The summed E-state index contributed by atoms with van der Waals surface area (Å²) < 4.78 is 16.5. The van der Waals surface area contributed by atoms with Gasteiger partial charge in [0, 0.05) is 18.4 Å². The van der Waals surface area contributed by atoms with Crippen molar-refractivity contribution in [3.8, 4) is 5.75 Å². The van der Waals surface area contributed by atoms with Gasteiger partial charge in [0.15, 0.2) is 3.92 Å². The number of imide groups is 1. The van der Waals surface area contributed by atoms with Crippen LogP contribution in [0, 0.1) is 6.92 Å². The molecule has 8 nitrogen and oxygen atoms in total. The molecule has 3 heterocycles. The summed E-state index contributed by atoms with van der Waals surface area (Å²) in [7, 11) is 0. The van der Waals surface area contributed by atoms with Crippen molar-refractivity contribution in [1.82, 2.24) is 15.0 Å².